The van der Waals surface area contributed by atoms with Gasteiger partial charge in [0, 0.05) is 69.4 Å². The maximum atomic E-state index is 5.28. The predicted octanol–water partition coefficient (Wildman–Crippen LogP) is 15.2. The predicted molar refractivity (Wildman–Crippen MR) is 254 cm³/mol. The van der Waals surface area contributed by atoms with E-state index in [4.69, 9.17) is 15.0 Å². The summed E-state index contributed by atoms with van der Waals surface area (Å²) in [6.07, 6.45) is 3.68. The Bertz CT molecular complexity index is 3480. The Balaban J connectivity index is 1.07. The van der Waals surface area contributed by atoms with E-state index in [0.717, 1.165) is 55.5 Å². The Morgan fingerprint density at radius 2 is 0.783 bits per heavy atom. The highest BCUT2D eigenvalue weighted by atomic mass is 32.1. The quantitative estimate of drug-likeness (QED) is 0.168. The summed E-state index contributed by atoms with van der Waals surface area (Å²) in [4.78, 5) is 20.0. The van der Waals surface area contributed by atoms with Crippen molar-refractivity contribution in [2.75, 3.05) is 0 Å². The Kier molecular flexibility index (Phi) is 8.18. The number of fused-ring (bicyclic) bond motifs is 7. The average molecular weight is 801 g/mol. The van der Waals surface area contributed by atoms with Crippen LogP contribution in [0.15, 0.2) is 194 Å². The smallest absolute Gasteiger partial charge is 0.164 e. The average Bonchev–Trinajstić information content (AvgIpc) is 3.89. The van der Waals surface area contributed by atoms with E-state index in [1.807, 2.05) is 34.9 Å². The second kappa shape index (κ2) is 14.2. The van der Waals surface area contributed by atoms with Crippen molar-refractivity contribution >= 4 is 73.8 Å². The van der Waals surface area contributed by atoms with E-state index in [-0.39, 0.29) is 0 Å². The molecular weight excluding hydrogens is 769 g/mol. The van der Waals surface area contributed by atoms with E-state index >= 15 is 0 Å². The van der Waals surface area contributed by atoms with Crippen LogP contribution in [-0.4, -0.2) is 19.9 Å². The van der Waals surface area contributed by atoms with Crippen LogP contribution < -0.4 is 0 Å². The summed E-state index contributed by atoms with van der Waals surface area (Å²) in [5.41, 5.74) is 9.40. The van der Waals surface area contributed by atoms with Crippen LogP contribution in [0.4, 0.5) is 0 Å². The molecule has 60 heavy (non-hydrogen) atoms. The first kappa shape index (κ1) is 34.6. The molecule has 0 spiro atoms. The highest BCUT2D eigenvalue weighted by Gasteiger charge is 2.17. The molecule has 280 valence electrons. The topological polar surface area (TPSA) is 51.6 Å². The van der Waals surface area contributed by atoms with Gasteiger partial charge in [0.25, 0.3) is 0 Å². The Labute approximate surface area is 353 Å². The van der Waals surface area contributed by atoms with Gasteiger partial charge in [0.2, 0.25) is 0 Å². The molecule has 12 rings (SSSR count). The van der Waals surface area contributed by atoms with Crippen molar-refractivity contribution in [2.24, 2.45) is 0 Å². The van der Waals surface area contributed by atoms with Crippen LogP contribution in [0.3, 0.4) is 0 Å². The van der Waals surface area contributed by atoms with Crippen molar-refractivity contribution in [3.05, 3.63) is 194 Å². The number of hydrogen-bond acceptors (Lipinski definition) is 6. The van der Waals surface area contributed by atoms with Crippen LogP contribution in [0.2, 0.25) is 0 Å². The number of aromatic nitrogens is 4. The van der Waals surface area contributed by atoms with E-state index in [2.05, 4.69) is 181 Å². The molecule has 6 heteroatoms. The van der Waals surface area contributed by atoms with Crippen molar-refractivity contribution in [1.29, 1.82) is 0 Å². The molecule has 0 bridgehead atoms. The third-order valence-electron chi connectivity index (χ3n) is 11.4. The minimum absolute atomic E-state index is 0.616. The summed E-state index contributed by atoms with van der Waals surface area (Å²) in [5.74, 6) is 1.86. The molecule has 0 N–H and O–H groups in total. The first-order valence-corrected chi connectivity index (χ1v) is 21.6. The number of hydrogen-bond donors (Lipinski definition) is 0. The lowest BCUT2D eigenvalue weighted by Crippen LogP contribution is -2.01. The van der Waals surface area contributed by atoms with Gasteiger partial charge in [-0.1, -0.05) is 115 Å². The van der Waals surface area contributed by atoms with Crippen LogP contribution in [0, 0.1) is 0 Å². The lowest BCUT2D eigenvalue weighted by molar-refractivity contribution is 1.07. The molecule has 0 unspecified atom stereocenters. The summed E-state index contributed by atoms with van der Waals surface area (Å²) >= 11 is 3.68. The van der Waals surface area contributed by atoms with Crippen molar-refractivity contribution in [3.8, 4) is 67.5 Å². The molecule has 4 nitrogen and oxygen atoms in total. The minimum atomic E-state index is 0.616. The Morgan fingerprint density at radius 3 is 1.42 bits per heavy atom. The number of pyridine rings is 1. The maximum Gasteiger partial charge on any atom is 0.164 e. The molecule has 4 aromatic heterocycles. The van der Waals surface area contributed by atoms with Crippen molar-refractivity contribution in [1.82, 2.24) is 19.9 Å². The van der Waals surface area contributed by atoms with Gasteiger partial charge in [0.05, 0.1) is 0 Å². The number of thiophene rings is 2. The van der Waals surface area contributed by atoms with Gasteiger partial charge in [0.15, 0.2) is 17.5 Å². The van der Waals surface area contributed by atoms with Gasteiger partial charge < -0.3 is 0 Å². The monoisotopic (exact) mass is 800 g/mol. The van der Waals surface area contributed by atoms with Crippen LogP contribution in [-0.2, 0) is 0 Å². The summed E-state index contributed by atoms with van der Waals surface area (Å²) in [5, 5.41) is 7.40. The van der Waals surface area contributed by atoms with Gasteiger partial charge in [0.1, 0.15) is 0 Å². The molecule has 4 heterocycles. The lowest BCUT2D eigenvalue weighted by Gasteiger charge is -2.13. The van der Waals surface area contributed by atoms with E-state index < -0.39 is 0 Å². The summed E-state index contributed by atoms with van der Waals surface area (Å²) in [7, 11) is 0. The second-order valence-corrected chi connectivity index (χ2v) is 17.3. The van der Waals surface area contributed by atoms with E-state index in [9.17, 15) is 0 Å². The van der Waals surface area contributed by atoms with E-state index in [0.29, 0.717) is 17.5 Å². The van der Waals surface area contributed by atoms with Gasteiger partial charge in [-0.05, 0) is 111 Å². The fourth-order valence-corrected chi connectivity index (χ4v) is 10.5. The first-order valence-electron chi connectivity index (χ1n) is 19.9. The zero-order valence-electron chi connectivity index (χ0n) is 32.1. The fraction of sp³-hybridized carbons (Fsp3) is 0. The number of benzene rings is 8. The molecule has 0 aliphatic heterocycles. The highest BCUT2D eigenvalue weighted by Crippen LogP contribution is 2.41. The van der Waals surface area contributed by atoms with Gasteiger partial charge in [-0.2, -0.15) is 0 Å². The normalized spacial score (nSPS) is 11.7. The first-order chi connectivity index (χ1) is 29.7. The standard InChI is InChI=1S/C54H32N4S2/c1-2-9-36-26-39(20-17-33(36)8-1)53-56-52(35-18-15-34(16-19-35)40-10-7-25-55-32-40)57-54(58-53)43-28-41(37-21-23-50-46(30-37)44-11-3-5-13-48(44)59-50)27-42(29-43)38-22-24-51-47(31-38)45-12-4-6-14-49(45)60-51/h1-32H. The third kappa shape index (κ3) is 6.13. The van der Waals surface area contributed by atoms with Crippen molar-refractivity contribution in [3.63, 3.8) is 0 Å². The SMILES string of the molecule is c1cncc(-c2ccc(-c3nc(-c4cc(-c5ccc6sc7ccccc7c6c5)cc(-c5ccc6sc7ccccc7c6c5)c4)nc(-c4ccc5ccccc5c4)n3)cc2)c1. The third-order valence-corrected chi connectivity index (χ3v) is 13.7. The molecule has 0 aliphatic carbocycles. The van der Waals surface area contributed by atoms with Crippen LogP contribution in [0.25, 0.3) is 119 Å². The molecule has 8 aromatic carbocycles. The number of nitrogens with zero attached hydrogens (tertiary/aromatic N) is 4. The molecular formula is C54H32N4S2. The minimum Gasteiger partial charge on any atom is -0.264 e. The van der Waals surface area contributed by atoms with Gasteiger partial charge in [-0.15, -0.1) is 22.7 Å². The number of rotatable bonds is 6. The molecule has 12 aromatic rings. The van der Waals surface area contributed by atoms with E-state index in [1.165, 1.54) is 45.7 Å². The molecule has 0 atom stereocenters. The lowest BCUT2D eigenvalue weighted by atomic mass is 9.94. The Hall–Kier alpha value is -7.38. The van der Waals surface area contributed by atoms with Crippen LogP contribution >= 0.6 is 22.7 Å². The molecule has 0 saturated carbocycles. The second-order valence-electron chi connectivity index (χ2n) is 15.1. The molecule has 0 saturated heterocycles. The summed E-state index contributed by atoms with van der Waals surface area (Å²) < 4.78 is 5.15. The molecule has 0 radical (unpaired) electrons. The molecule has 0 aliphatic rings. The van der Waals surface area contributed by atoms with Crippen LogP contribution in [0.5, 0.6) is 0 Å². The van der Waals surface area contributed by atoms with Gasteiger partial charge in [-0.25, -0.2) is 15.0 Å². The van der Waals surface area contributed by atoms with Crippen LogP contribution in [0.1, 0.15) is 0 Å². The zero-order chi connectivity index (χ0) is 39.6. The van der Waals surface area contributed by atoms with Gasteiger partial charge >= 0.3 is 0 Å². The highest BCUT2D eigenvalue weighted by molar-refractivity contribution is 7.26. The summed E-state index contributed by atoms with van der Waals surface area (Å²) in [6.45, 7) is 0. The van der Waals surface area contributed by atoms with E-state index in [1.54, 1.807) is 6.20 Å². The molecule has 0 amide bonds. The fourth-order valence-electron chi connectivity index (χ4n) is 8.34. The van der Waals surface area contributed by atoms with Gasteiger partial charge in [-0.3, -0.25) is 4.98 Å². The zero-order valence-corrected chi connectivity index (χ0v) is 33.7. The van der Waals surface area contributed by atoms with Crippen molar-refractivity contribution in [2.45, 2.75) is 0 Å². The summed E-state index contributed by atoms with van der Waals surface area (Å²) in [6, 6.07) is 65.1. The van der Waals surface area contributed by atoms with Crippen molar-refractivity contribution < 1.29 is 0 Å². The Morgan fingerprint density at radius 1 is 0.283 bits per heavy atom. The largest absolute Gasteiger partial charge is 0.264 e. The molecule has 0 fully saturated rings. The maximum absolute atomic E-state index is 5.28.